The predicted octanol–water partition coefficient (Wildman–Crippen LogP) is 4.52. The Morgan fingerprint density at radius 1 is 1.09 bits per heavy atom. The van der Waals surface area contributed by atoms with E-state index in [0.717, 1.165) is 24.1 Å². The number of amides is 2. The zero-order chi connectivity index (χ0) is 16.4. The van der Waals surface area contributed by atoms with Crippen LogP contribution in [0.1, 0.15) is 28.8 Å². The summed E-state index contributed by atoms with van der Waals surface area (Å²) in [6.45, 7) is 0. The molecule has 23 heavy (non-hydrogen) atoms. The number of anilines is 2. The summed E-state index contributed by atoms with van der Waals surface area (Å²) >= 11 is 12.0. The lowest BCUT2D eigenvalue weighted by Gasteiger charge is -2.11. The minimum atomic E-state index is -0.271. The molecule has 1 heterocycles. The van der Waals surface area contributed by atoms with E-state index in [4.69, 9.17) is 23.2 Å². The van der Waals surface area contributed by atoms with Crippen LogP contribution in [0.4, 0.5) is 11.4 Å². The Morgan fingerprint density at radius 3 is 2.74 bits per heavy atom. The van der Waals surface area contributed by atoms with Crippen molar-refractivity contribution in [1.82, 2.24) is 0 Å². The van der Waals surface area contributed by atoms with E-state index in [1.165, 1.54) is 0 Å². The summed E-state index contributed by atoms with van der Waals surface area (Å²) in [5.74, 6) is -0.265. The van der Waals surface area contributed by atoms with Crippen LogP contribution in [0.2, 0.25) is 10.0 Å². The van der Waals surface area contributed by atoms with Crippen LogP contribution in [0.15, 0.2) is 36.4 Å². The van der Waals surface area contributed by atoms with Crippen molar-refractivity contribution in [3.05, 3.63) is 57.6 Å². The van der Waals surface area contributed by atoms with Crippen molar-refractivity contribution >= 4 is 46.4 Å². The summed E-state index contributed by atoms with van der Waals surface area (Å²) in [6.07, 6.45) is 2.02. The molecule has 1 aliphatic heterocycles. The van der Waals surface area contributed by atoms with Crippen molar-refractivity contribution in [3.63, 3.8) is 0 Å². The van der Waals surface area contributed by atoms with Crippen molar-refractivity contribution in [2.45, 2.75) is 19.3 Å². The van der Waals surface area contributed by atoms with Crippen LogP contribution >= 0.6 is 23.2 Å². The highest BCUT2D eigenvalue weighted by molar-refractivity contribution is 6.35. The molecule has 2 amide bonds. The summed E-state index contributed by atoms with van der Waals surface area (Å²) < 4.78 is 0. The largest absolute Gasteiger partial charge is 0.326 e. The van der Waals surface area contributed by atoms with Gasteiger partial charge in [0.05, 0.1) is 10.7 Å². The summed E-state index contributed by atoms with van der Waals surface area (Å²) in [6, 6.07) is 10.1. The van der Waals surface area contributed by atoms with Gasteiger partial charge in [0.2, 0.25) is 5.91 Å². The first-order valence-electron chi connectivity index (χ1n) is 7.22. The van der Waals surface area contributed by atoms with Crippen molar-refractivity contribution in [1.29, 1.82) is 0 Å². The number of halogens is 2. The van der Waals surface area contributed by atoms with Crippen LogP contribution in [0.25, 0.3) is 0 Å². The molecule has 0 spiro atoms. The van der Waals surface area contributed by atoms with Gasteiger partial charge in [-0.25, -0.2) is 0 Å². The smallest absolute Gasteiger partial charge is 0.255 e. The zero-order valence-electron chi connectivity index (χ0n) is 12.2. The fraction of sp³-hybridized carbons (Fsp3) is 0.176. The van der Waals surface area contributed by atoms with Gasteiger partial charge in [-0.1, -0.05) is 23.2 Å². The first kappa shape index (κ1) is 15.8. The Bertz CT molecular complexity index is 790. The van der Waals surface area contributed by atoms with Gasteiger partial charge in [0.25, 0.3) is 5.91 Å². The topological polar surface area (TPSA) is 58.2 Å². The highest BCUT2D eigenvalue weighted by atomic mass is 35.5. The van der Waals surface area contributed by atoms with Gasteiger partial charge >= 0.3 is 0 Å². The number of aryl methyl sites for hydroxylation is 1. The summed E-state index contributed by atoms with van der Waals surface area (Å²) in [5.41, 5.74) is 2.70. The number of fused-ring (bicyclic) bond motifs is 1. The third-order valence-corrected chi connectivity index (χ3v) is 4.23. The third-order valence-electron chi connectivity index (χ3n) is 3.67. The van der Waals surface area contributed by atoms with Gasteiger partial charge in [-0.15, -0.1) is 0 Å². The van der Waals surface area contributed by atoms with Crippen LogP contribution in [-0.2, 0) is 11.2 Å². The number of carbonyl (C=O) groups excluding carboxylic acids is 2. The number of rotatable bonds is 2. The molecule has 2 aromatic rings. The lowest BCUT2D eigenvalue weighted by atomic mass is 10.0. The Hall–Kier alpha value is -2.04. The van der Waals surface area contributed by atoms with Crippen LogP contribution in [-0.4, -0.2) is 11.8 Å². The second-order valence-corrected chi connectivity index (χ2v) is 6.20. The average Bonchev–Trinajstić information content (AvgIpc) is 2.70. The van der Waals surface area contributed by atoms with Gasteiger partial charge in [-0.2, -0.15) is 0 Å². The molecular weight excluding hydrogens is 335 g/mol. The van der Waals surface area contributed by atoms with Gasteiger partial charge in [0, 0.05) is 22.7 Å². The molecule has 0 unspecified atom stereocenters. The van der Waals surface area contributed by atoms with Crippen LogP contribution < -0.4 is 10.6 Å². The summed E-state index contributed by atoms with van der Waals surface area (Å²) in [5, 5.41) is 6.52. The second-order valence-electron chi connectivity index (χ2n) is 5.35. The molecule has 4 nitrogen and oxygen atoms in total. The fourth-order valence-corrected chi connectivity index (χ4v) is 2.84. The molecule has 2 N–H and O–H groups in total. The standard InChI is InChI=1S/C17H14Cl2N2O2/c18-12-5-6-13(19)15(9-12)21-17(23)11-4-7-14-10(8-11)2-1-3-16(22)20-14/h4-9H,1-3H2,(H,20,22)(H,21,23). The van der Waals surface area contributed by atoms with Gasteiger partial charge in [0.15, 0.2) is 0 Å². The number of carbonyl (C=O) groups is 2. The lowest BCUT2D eigenvalue weighted by molar-refractivity contribution is -0.116. The van der Waals surface area contributed by atoms with Crippen molar-refractivity contribution in [2.75, 3.05) is 10.6 Å². The summed E-state index contributed by atoms with van der Waals surface area (Å²) in [4.78, 5) is 24.0. The molecule has 0 aliphatic carbocycles. The van der Waals surface area contributed by atoms with E-state index in [1.54, 1.807) is 36.4 Å². The Morgan fingerprint density at radius 2 is 1.91 bits per heavy atom. The van der Waals surface area contributed by atoms with Crippen molar-refractivity contribution in [3.8, 4) is 0 Å². The maximum absolute atomic E-state index is 12.4. The van der Waals surface area contributed by atoms with E-state index >= 15 is 0 Å². The number of hydrogen-bond donors (Lipinski definition) is 2. The van der Waals surface area contributed by atoms with Crippen LogP contribution in [0, 0.1) is 0 Å². The quantitative estimate of drug-likeness (QED) is 0.837. The molecule has 1 aliphatic rings. The Kier molecular flexibility index (Phi) is 4.55. The van der Waals surface area contributed by atoms with Crippen molar-refractivity contribution < 1.29 is 9.59 Å². The fourth-order valence-electron chi connectivity index (χ4n) is 2.50. The Labute approximate surface area is 143 Å². The molecule has 0 aromatic heterocycles. The molecule has 0 atom stereocenters. The number of benzene rings is 2. The first-order chi connectivity index (χ1) is 11.0. The molecule has 118 valence electrons. The van der Waals surface area contributed by atoms with Gasteiger partial charge in [0.1, 0.15) is 0 Å². The van der Waals surface area contributed by atoms with Crippen molar-refractivity contribution in [2.24, 2.45) is 0 Å². The van der Waals surface area contributed by atoms with Crippen LogP contribution in [0.5, 0.6) is 0 Å². The average molecular weight is 349 g/mol. The highest BCUT2D eigenvalue weighted by Crippen LogP contribution is 2.27. The summed E-state index contributed by atoms with van der Waals surface area (Å²) in [7, 11) is 0. The minimum absolute atomic E-state index is 0.00617. The minimum Gasteiger partial charge on any atom is -0.326 e. The third kappa shape index (κ3) is 3.66. The molecule has 0 saturated carbocycles. The second kappa shape index (κ2) is 6.60. The lowest BCUT2D eigenvalue weighted by Crippen LogP contribution is -2.13. The van der Waals surface area contributed by atoms with Crippen LogP contribution in [0.3, 0.4) is 0 Å². The molecule has 0 fully saturated rings. The SMILES string of the molecule is O=C1CCCc2cc(C(=O)Nc3cc(Cl)ccc3Cl)ccc2N1. The van der Waals surface area contributed by atoms with E-state index < -0.39 is 0 Å². The molecule has 0 saturated heterocycles. The predicted molar refractivity (Wildman–Crippen MR) is 92.4 cm³/mol. The van der Waals surface area contributed by atoms with E-state index in [0.29, 0.717) is 27.7 Å². The number of nitrogens with one attached hydrogen (secondary N) is 2. The van der Waals surface area contributed by atoms with E-state index in [9.17, 15) is 9.59 Å². The van der Waals surface area contributed by atoms with E-state index in [2.05, 4.69) is 10.6 Å². The highest BCUT2D eigenvalue weighted by Gasteiger charge is 2.16. The Balaban J connectivity index is 1.84. The van der Waals surface area contributed by atoms with E-state index in [-0.39, 0.29) is 11.8 Å². The zero-order valence-corrected chi connectivity index (χ0v) is 13.7. The molecule has 2 aromatic carbocycles. The maximum atomic E-state index is 12.4. The normalized spacial score (nSPS) is 13.7. The van der Waals surface area contributed by atoms with E-state index in [1.807, 2.05) is 0 Å². The van der Waals surface area contributed by atoms with Gasteiger partial charge < -0.3 is 10.6 Å². The maximum Gasteiger partial charge on any atom is 0.255 e. The molecule has 6 heteroatoms. The first-order valence-corrected chi connectivity index (χ1v) is 7.98. The molecular formula is C17H14Cl2N2O2. The van der Waals surface area contributed by atoms with Gasteiger partial charge in [-0.05, 0) is 54.8 Å². The van der Waals surface area contributed by atoms with Gasteiger partial charge in [-0.3, -0.25) is 9.59 Å². The number of hydrogen-bond acceptors (Lipinski definition) is 2. The monoisotopic (exact) mass is 348 g/mol. The molecule has 3 rings (SSSR count). The molecule has 0 bridgehead atoms. The molecule has 0 radical (unpaired) electrons.